The van der Waals surface area contributed by atoms with Crippen LogP contribution in [0.4, 0.5) is 11.9 Å². The van der Waals surface area contributed by atoms with Gasteiger partial charge in [-0.2, -0.15) is 4.98 Å². The zero-order valence-corrected chi connectivity index (χ0v) is 13.6. The maximum atomic E-state index is 6.02. The Morgan fingerprint density at radius 2 is 1.90 bits per heavy atom. The van der Waals surface area contributed by atoms with Crippen LogP contribution in [0.25, 0.3) is 0 Å². The highest BCUT2D eigenvalue weighted by atomic mass is 79.9. The van der Waals surface area contributed by atoms with Gasteiger partial charge >= 0.3 is 0 Å². The molecule has 1 aliphatic heterocycles. The van der Waals surface area contributed by atoms with Crippen LogP contribution in [0, 0.1) is 0 Å². The lowest BCUT2D eigenvalue weighted by Gasteiger charge is -2.17. The molecule has 0 amide bonds. The second-order valence-electron chi connectivity index (χ2n) is 5.46. The number of aromatic nitrogens is 3. The zero-order valence-electron chi connectivity index (χ0n) is 12.0. The van der Waals surface area contributed by atoms with Crippen molar-refractivity contribution in [3.8, 4) is 0 Å². The molecular weight excluding hydrogens is 330 g/mol. The first-order chi connectivity index (χ1) is 10.2. The average Bonchev–Trinajstić information content (AvgIpc) is 2.68. The van der Waals surface area contributed by atoms with Gasteiger partial charge in [-0.25, -0.2) is 4.68 Å². The largest absolute Gasteiger partial charge is 0.368 e. The predicted octanol–water partition coefficient (Wildman–Crippen LogP) is 3.05. The number of halogens is 1. The van der Waals surface area contributed by atoms with Crippen molar-refractivity contribution < 1.29 is 0 Å². The fourth-order valence-electron chi connectivity index (χ4n) is 2.67. The molecule has 1 aromatic carbocycles. The van der Waals surface area contributed by atoms with Crippen LogP contribution in [-0.2, 0) is 6.54 Å². The van der Waals surface area contributed by atoms with E-state index in [1.165, 1.54) is 25.7 Å². The first-order valence-corrected chi connectivity index (χ1v) is 8.21. The maximum absolute atomic E-state index is 6.02. The number of nitrogen functional groups attached to an aromatic ring is 1. The molecule has 0 atom stereocenters. The van der Waals surface area contributed by atoms with E-state index in [9.17, 15) is 0 Å². The minimum absolute atomic E-state index is 0.481. The normalized spacial score (nSPS) is 16.0. The number of nitrogens with zero attached hydrogens (tertiary/aromatic N) is 4. The van der Waals surface area contributed by atoms with Gasteiger partial charge in [0.1, 0.15) is 0 Å². The average molecular weight is 350 g/mol. The van der Waals surface area contributed by atoms with Crippen LogP contribution in [0.5, 0.6) is 0 Å². The van der Waals surface area contributed by atoms with Gasteiger partial charge in [0.25, 0.3) is 0 Å². The van der Waals surface area contributed by atoms with E-state index < -0.39 is 0 Å². The van der Waals surface area contributed by atoms with Crippen LogP contribution >= 0.6 is 15.9 Å². The van der Waals surface area contributed by atoms with Crippen molar-refractivity contribution >= 4 is 27.8 Å². The Morgan fingerprint density at radius 1 is 1.14 bits per heavy atom. The molecule has 6 heteroatoms. The molecule has 3 rings (SSSR count). The number of hydrogen-bond acceptors (Lipinski definition) is 4. The van der Waals surface area contributed by atoms with Gasteiger partial charge in [-0.3, -0.25) is 0 Å². The minimum Gasteiger partial charge on any atom is -0.368 e. The molecule has 1 aliphatic rings. The third-order valence-corrected chi connectivity index (χ3v) is 4.29. The minimum atomic E-state index is 0.481. The van der Waals surface area contributed by atoms with Gasteiger partial charge in [0.15, 0.2) is 0 Å². The van der Waals surface area contributed by atoms with Gasteiger partial charge in [0.2, 0.25) is 11.9 Å². The maximum Gasteiger partial charge on any atom is 0.246 e. The summed E-state index contributed by atoms with van der Waals surface area (Å²) in [6.07, 6.45) is 5.01. The van der Waals surface area contributed by atoms with Crippen molar-refractivity contribution in [2.75, 3.05) is 23.7 Å². The van der Waals surface area contributed by atoms with Crippen LogP contribution in [-0.4, -0.2) is 27.9 Å². The molecule has 2 heterocycles. The summed E-state index contributed by atoms with van der Waals surface area (Å²) in [6, 6.07) is 8.17. The Balaban J connectivity index is 1.77. The fourth-order valence-corrected chi connectivity index (χ4v) is 3.12. The number of hydrogen-bond donors (Lipinski definition) is 1. The summed E-state index contributed by atoms with van der Waals surface area (Å²) in [5.74, 6) is 1.25. The van der Waals surface area contributed by atoms with E-state index in [0.29, 0.717) is 12.5 Å². The molecular formula is C15H20BrN5. The Kier molecular flexibility index (Phi) is 4.43. The summed E-state index contributed by atoms with van der Waals surface area (Å²) in [5.41, 5.74) is 7.18. The van der Waals surface area contributed by atoms with Gasteiger partial charge in [-0.15, -0.1) is 5.10 Å². The van der Waals surface area contributed by atoms with Gasteiger partial charge in [0.05, 0.1) is 6.54 Å². The zero-order chi connectivity index (χ0) is 14.7. The molecule has 1 aromatic heterocycles. The molecule has 21 heavy (non-hydrogen) atoms. The number of benzene rings is 1. The van der Waals surface area contributed by atoms with Crippen LogP contribution in [0.3, 0.4) is 0 Å². The van der Waals surface area contributed by atoms with Crippen molar-refractivity contribution in [2.24, 2.45) is 0 Å². The van der Waals surface area contributed by atoms with Crippen molar-refractivity contribution in [1.29, 1.82) is 0 Å². The molecule has 1 fully saturated rings. The predicted molar refractivity (Wildman–Crippen MR) is 88.4 cm³/mol. The quantitative estimate of drug-likeness (QED) is 0.924. The second-order valence-corrected chi connectivity index (χ2v) is 6.37. The Bertz CT molecular complexity index is 602. The highest BCUT2D eigenvalue weighted by Gasteiger charge is 2.16. The van der Waals surface area contributed by atoms with Gasteiger partial charge in [0, 0.05) is 17.6 Å². The SMILES string of the molecule is Nc1nc(N2CCCCCC2)nn1Cc1cccc(Br)c1. The molecule has 112 valence electrons. The Labute approximate surface area is 133 Å². The summed E-state index contributed by atoms with van der Waals surface area (Å²) in [4.78, 5) is 6.69. The molecule has 0 saturated carbocycles. The van der Waals surface area contributed by atoms with Crippen molar-refractivity contribution in [3.05, 3.63) is 34.3 Å². The first-order valence-electron chi connectivity index (χ1n) is 7.42. The Morgan fingerprint density at radius 3 is 2.62 bits per heavy atom. The Hall–Kier alpha value is -1.56. The lowest BCUT2D eigenvalue weighted by Crippen LogP contribution is -2.25. The smallest absolute Gasteiger partial charge is 0.246 e. The topological polar surface area (TPSA) is 60.0 Å². The van der Waals surface area contributed by atoms with E-state index in [-0.39, 0.29) is 0 Å². The monoisotopic (exact) mass is 349 g/mol. The van der Waals surface area contributed by atoms with E-state index >= 15 is 0 Å². The van der Waals surface area contributed by atoms with Crippen molar-refractivity contribution in [3.63, 3.8) is 0 Å². The molecule has 0 spiro atoms. The van der Waals surface area contributed by atoms with Crippen molar-refractivity contribution in [2.45, 2.75) is 32.2 Å². The molecule has 2 N–H and O–H groups in total. The summed E-state index contributed by atoms with van der Waals surface area (Å²) in [5, 5.41) is 4.59. The molecule has 2 aromatic rings. The summed E-state index contributed by atoms with van der Waals surface area (Å²) in [7, 11) is 0. The number of rotatable bonds is 3. The molecule has 0 radical (unpaired) electrons. The molecule has 5 nitrogen and oxygen atoms in total. The standard InChI is InChI=1S/C15H20BrN5/c16-13-7-5-6-12(10-13)11-21-14(17)18-15(19-21)20-8-3-1-2-4-9-20/h5-7,10H,1-4,8-9,11H2,(H2,17,18,19). The van der Waals surface area contributed by atoms with E-state index in [2.05, 4.69) is 43.0 Å². The lowest BCUT2D eigenvalue weighted by molar-refractivity contribution is 0.680. The van der Waals surface area contributed by atoms with Crippen LogP contribution in [0.15, 0.2) is 28.7 Å². The van der Waals surface area contributed by atoms with Crippen LogP contribution in [0.2, 0.25) is 0 Å². The second kappa shape index (κ2) is 6.47. The molecule has 0 aliphatic carbocycles. The fraction of sp³-hybridized carbons (Fsp3) is 0.467. The number of anilines is 2. The number of nitrogens with two attached hydrogens (primary N) is 1. The van der Waals surface area contributed by atoms with Gasteiger partial charge in [-0.05, 0) is 30.5 Å². The van der Waals surface area contributed by atoms with Crippen LogP contribution in [0.1, 0.15) is 31.2 Å². The summed E-state index contributed by atoms with van der Waals surface area (Å²) in [6.45, 7) is 2.70. The van der Waals surface area contributed by atoms with Gasteiger partial charge in [-0.1, -0.05) is 40.9 Å². The third kappa shape index (κ3) is 3.56. The van der Waals surface area contributed by atoms with E-state index in [0.717, 1.165) is 29.1 Å². The summed E-state index contributed by atoms with van der Waals surface area (Å²) >= 11 is 3.49. The first kappa shape index (κ1) is 14.4. The van der Waals surface area contributed by atoms with Crippen molar-refractivity contribution in [1.82, 2.24) is 14.8 Å². The van der Waals surface area contributed by atoms with Crippen LogP contribution < -0.4 is 10.6 Å². The van der Waals surface area contributed by atoms with Gasteiger partial charge < -0.3 is 10.6 Å². The van der Waals surface area contributed by atoms with E-state index in [4.69, 9.17) is 5.73 Å². The lowest BCUT2D eigenvalue weighted by atomic mass is 10.2. The highest BCUT2D eigenvalue weighted by Crippen LogP contribution is 2.19. The molecule has 0 bridgehead atoms. The molecule has 0 unspecified atom stereocenters. The van der Waals surface area contributed by atoms with E-state index in [1.807, 2.05) is 12.1 Å². The summed E-state index contributed by atoms with van der Waals surface area (Å²) < 4.78 is 2.84. The third-order valence-electron chi connectivity index (χ3n) is 3.80. The molecule has 1 saturated heterocycles. The van der Waals surface area contributed by atoms with E-state index in [1.54, 1.807) is 4.68 Å². The highest BCUT2D eigenvalue weighted by molar-refractivity contribution is 9.10.